The number of anilines is 1. The molecule has 0 fully saturated rings. The van der Waals surface area contributed by atoms with Crippen LogP contribution in [0.2, 0.25) is 0 Å². The van der Waals surface area contributed by atoms with Crippen LogP contribution >= 0.6 is 11.8 Å². The summed E-state index contributed by atoms with van der Waals surface area (Å²) in [6, 6.07) is 11.2. The van der Waals surface area contributed by atoms with E-state index in [1.165, 1.54) is 11.8 Å². The molecule has 0 aliphatic carbocycles. The van der Waals surface area contributed by atoms with Crippen LogP contribution in [-0.2, 0) is 0 Å². The third-order valence-corrected chi connectivity index (χ3v) is 4.22. The van der Waals surface area contributed by atoms with Crippen molar-refractivity contribution in [1.82, 2.24) is 0 Å². The predicted molar refractivity (Wildman–Crippen MR) is 79.0 cm³/mol. The molecule has 1 N–H and O–H groups in total. The molecule has 2 aromatic carbocycles. The lowest BCUT2D eigenvalue weighted by Crippen LogP contribution is -2.08. The standard InChI is InChI=1S/C15H11F3N2S/c16-10-6-11(17)14(18)12(7-10)20-15-19-8-13(21-15)9-4-2-1-3-5-9/h1-7,13H,8H2,(H,19,20). The normalized spacial score (nSPS) is 17.7. The van der Waals surface area contributed by atoms with Crippen molar-refractivity contribution < 1.29 is 13.2 Å². The van der Waals surface area contributed by atoms with Crippen LogP contribution in [0, 0.1) is 17.5 Å². The Kier molecular flexibility index (Phi) is 3.88. The van der Waals surface area contributed by atoms with Gasteiger partial charge in [0.1, 0.15) is 5.82 Å². The van der Waals surface area contributed by atoms with E-state index in [1.807, 2.05) is 30.3 Å². The molecule has 1 heterocycles. The average Bonchev–Trinajstić information content (AvgIpc) is 2.94. The quantitative estimate of drug-likeness (QED) is 0.834. The van der Waals surface area contributed by atoms with Gasteiger partial charge in [-0.2, -0.15) is 0 Å². The van der Waals surface area contributed by atoms with Crippen molar-refractivity contribution in [2.75, 3.05) is 11.9 Å². The molecule has 1 unspecified atom stereocenters. The highest BCUT2D eigenvalue weighted by atomic mass is 32.2. The van der Waals surface area contributed by atoms with Crippen LogP contribution < -0.4 is 5.32 Å². The lowest BCUT2D eigenvalue weighted by Gasteiger charge is -2.10. The Balaban J connectivity index is 1.73. The van der Waals surface area contributed by atoms with E-state index < -0.39 is 17.5 Å². The summed E-state index contributed by atoms with van der Waals surface area (Å²) in [4.78, 5) is 4.25. The van der Waals surface area contributed by atoms with E-state index in [2.05, 4.69) is 10.3 Å². The Bertz CT molecular complexity index is 689. The molecule has 0 radical (unpaired) electrons. The van der Waals surface area contributed by atoms with Crippen molar-refractivity contribution in [3.8, 4) is 0 Å². The Morgan fingerprint density at radius 2 is 1.86 bits per heavy atom. The molecule has 6 heteroatoms. The largest absolute Gasteiger partial charge is 0.332 e. The van der Waals surface area contributed by atoms with Crippen molar-refractivity contribution in [1.29, 1.82) is 0 Å². The van der Waals surface area contributed by atoms with E-state index >= 15 is 0 Å². The Morgan fingerprint density at radius 1 is 1.10 bits per heavy atom. The maximum atomic E-state index is 13.6. The number of rotatable bonds is 2. The second-order valence-electron chi connectivity index (χ2n) is 4.54. The molecule has 3 rings (SSSR count). The van der Waals surface area contributed by atoms with Crippen LogP contribution in [0.1, 0.15) is 10.8 Å². The summed E-state index contributed by atoms with van der Waals surface area (Å²) in [6.07, 6.45) is 0. The van der Waals surface area contributed by atoms with E-state index in [0.717, 1.165) is 11.6 Å². The molecule has 1 aliphatic heterocycles. The summed E-state index contributed by atoms with van der Waals surface area (Å²) in [7, 11) is 0. The molecule has 0 saturated carbocycles. The molecule has 21 heavy (non-hydrogen) atoms. The summed E-state index contributed by atoms with van der Waals surface area (Å²) < 4.78 is 39.9. The molecular formula is C15H11F3N2S. The third-order valence-electron chi connectivity index (χ3n) is 3.06. The van der Waals surface area contributed by atoms with Crippen molar-refractivity contribution in [2.24, 2.45) is 4.99 Å². The zero-order valence-corrected chi connectivity index (χ0v) is 11.6. The van der Waals surface area contributed by atoms with Gasteiger partial charge in [0.05, 0.1) is 17.5 Å². The number of thioether (sulfide) groups is 1. The number of halogens is 3. The molecule has 0 saturated heterocycles. The minimum absolute atomic E-state index is 0.121. The first-order chi connectivity index (χ1) is 10.1. The molecule has 0 spiro atoms. The van der Waals surface area contributed by atoms with Gasteiger partial charge >= 0.3 is 0 Å². The molecule has 0 bridgehead atoms. The Morgan fingerprint density at radius 3 is 2.62 bits per heavy atom. The lowest BCUT2D eigenvalue weighted by molar-refractivity contribution is 0.498. The molecule has 1 atom stereocenters. The van der Waals surface area contributed by atoms with Crippen molar-refractivity contribution in [3.63, 3.8) is 0 Å². The van der Waals surface area contributed by atoms with Crippen LogP contribution in [-0.4, -0.2) is 11.7 Å². The maximum Gasteiger partial charge on any atom is 0.182 e. The van der Waals surface area contributed by atoms with Gasteiger partial charge in [-0.3, -0.25) is 4.99 Å². The van der Waals surface area contributed by atoms with Gasteiger partial charge in [-0.05, 0) is 5.56 Å². The number of amidine groups is 1. The fourth-order valence-electron chi connectivity index (χ4n) is 2.05. The maximum absolute atomic E-state index is 13.6. The minimum Gasteiger partial charge on any atom is -0.332 e. The third kappa shape index (κ3) is 3.05. The van der Waals surface area contributed by atoms with Gasteiger partial charge in [0, 0.05) is 12.1 Å². The summed E-state index contributed by atoms with van der Waals surface area (Å²) in [5.74, 6) is -3.16. The first-order valence-corrected chi connectivity index (χ1v) is 7.19. The van der Waals surface area contributed by atoms with Gasteiger partial charge in [0.15, 0.2) is 16.8 Å². The minimum atomic E-state index is -1.22. The summed E-state index contributed by atoms with van der Waals surface area (Å²) >= 11 is 1.41. The topological polar surface area (TPSA) is 24.4 Å². The van der Waals surface area contributed by atoms with Crippen LogP contribution in [0.25, 0.3) is 0 Å². The van der Waals surface area contributed by atoms with Gasteiger partial charge in [0.25, 0.3) is 0 Å². The molecular weight excluding hydrogens is 297 g/mol. The smallest absolute Gasteiger partial charge is 0.182 e. The van der Waals surface area contributed by atoms with Crippen LogP contribution in [0.3, 0.4) is 0 Å². The van der Waals surface area contributed by atoms with Gasteiger partial charge < -0.3 is 5.32 Å². The fraction of sp³-hybridized carbons (Fsp3) is 0.133. The van der Waals surface area contributed by atoms with Crippen LogP contribution in [0.4, 0.5) is 18.9 Å². The Labute approximate surface area is 124 Å². The van der Waals surface area contributed by atoms with Gasteiger partial charge in [-0.1, -0.05) is 42.1 Å². The number of hydrogen-bond donors (Lipinski definition) is 1. The number of nitrogens with zero attached hydrogens (tertiary/aromatic N) is 1. The first-order valence-electron chi connectivity index (χ1n) is 6.31. The number of benzene rings is 2. The molecule has 1 aliphatic rings. The highest BCUT2D eigenvalue weighted by Gasteiger charge is 2.22. The number of aliphatic imine (C=N–C) groups is 1. The van der Waals surface area contributed by atoms with E-state index in [1.54, 1.807) is 0 Å². The second-order valence-corrected chi connectivity index (χ2v) is 5.73. The lowest BCUT2D eigenvalue weighted by atomic mass is 10.1. The molecule has 0 aromatic heterocycles. The van der Waals surface area contributed by atoms with Crippen LogP contribution in [0.5, 0.6) is 0 Å². The molecule has 0 amide bonds. The van der Waals surface area contributed by atoms with E-state index in [0.29, 0.717) is 17.8 Å². The van der Waals surface area contributed by atoms with Crippen molar-refractivity contribution in [3.05, 3.63) is 65.5 Å². The number of nitrogens with one attached hydrogen (secondary N) is 1. The zero-order valence-electron chi connectivity index (χ0n) is 10.8. The number of hydrogen-bond acceptors (Lipinski definition) is 3. The van der Waals surface area contributed by atoms with E-state index in [-0.39, 0.29) is 10.9 Å². The van der Waals surface area contributed by atoms with Crippen molar-refractivity contribution >= 4 is 22.6 Å². The summed E-state index contributed by atoms with van der Waals surface area (Å²) in [6.45, 7) is 0.538. The van der Waals surface area contributed by atoms with Crippen molar-refractivity contribution in [2.45, 2.75) is 5.25 Å². The van der Waals surface area contributed by atoms with Gasteiger partial charge in [-0.15, -0.1) is 0 Å². The van der Waals surface area contributed by atoms with E-state index in [4.69, 9.17) is 0 Å². The molecule has 2 aromatic rings. The zero-order chi connectivity index (χ0) is 14.8. The average molecular weight is 308 g/mol. The van der Waals surface area contributed by atoms with Gasteiger partial charge in [-0.25, -0.2) is 13.2 Å². The van der Waals surface area contributed by atoms with Crippen LogP contribution in [0.15, 0.2) is 47.5 Å². The van der Waals surface area contributed by atoms with E-state index in [9.17, 15) is 13.2 Å². The second kappa shape index (κ2) is 5.81. The highest BCUT2D eigenvalue weighted by molar-refractivity contribution is 8.14. The van der Waals surface area contributed by atoms with Gasteiger partial charge in [0.2, 0.25) is 0 Å². The highest BCUT2D eigenvalue weighted by Crippen LogP contribution is 2.35. The fourth-order valence-corrected chi connectivity index (χ4v) is 3.08. The first kappa shape index (κ1) is 14.0. The predicted octanol–water partition coefficient (Wildman–Crippen LogP) is 4.36. The Hall–Kier alpha value is -1.95. The monoisotopic (exact) mass is 308 g/mol. The molecule has 2 nitrogen and oxygen atoms in total. The molecule has 108 valence electrons. The summed E-state index contributed by atoms with van der Waals surface area (Å²) in [5.41, 5.74) is 0.862. The summed E-state index contributed by atoms with van der Waals surface area (Å²) in [5, 5.41) is 3.22. The SMILES string of the molecule is Fc1cc(F)c(F)c(NC2=NCC(c3ccccc3)S2)c1.